The Morgan fingerprint density at radius 2 is 2.08 bits per heavy atom. The third-order valence-electron chi connectivity index (χ3n) is 5.45. The van der Waals surface area contributed by atoms with Gasteiger partial charge in [0.2, 0.25) is 0 Å². The van der Waals surface area contributed by atoms with Crippen LogP contribution >= 0.6 is 0 Å². The number of carbonyl (C=O) groups is 1. The van der Waals surface area contributed by atoms with E-state index < -0.39 is 0 Å². The number of methoxy groups -OCH3 is 1. The van der Waals surface area contributed by atoms with Gasteiger partial charge in [-0.1, -0.05) is 0 Å². The lowest BCUT2D eigenvalue weighted by Crippen LogP contribution is -2.48. The van der Waals surface area contributed by atoms with E-state index in [1.165, 1.54) is 6.42 Å². The van der Waals surface area contributed by atoms with Gasteiger partial charge in [0, 0.05) is 37.9 Å². The van der Waals surface area contributed by atoms with Crippen molar-refractivity contribution in [2.75, 3.05) is 51.8 Å². The number of rotatable bonds is 5. The van der Waals surface area contributed by atoms with Gasteiger partial charge >= 0.3 is 6.03 Å². The normalized spacial score (nSPS) is 21.5. The molecular weight excluding hydrogens is 330 g/mol. The number of likely N-dealkylation sites (tertiary alicyclic amines) is 1. The Hall–Kier alpha value is -1.79. The number of anilines is 1. The molecule has 26 heavy (non-hydrogen) atoms. The second-order valence-electron chi connectivity index (χ2n) is 7.20. The van der Waals surface area contributed by atoms with E-state index in [1.807, 2.05) is 30.0 Å². The van der Waals surface area contributed by atoms with Crippen molar-refractivity contribution in [2.24, 2.45) is 0 Å². The second-order valence-corrected chi connectivity index (χ2v) is 7.20. The number of ether oxygens (including phenoxy) is 2. The molecule has 0 unspecified atom stereocenters. The predicted molar refractivity (Wildman–Crippen MR) is 103 cm³/mol. The molecule has 0 radical (unpaired) electrons. The molecule has 2 amide bonds. The molecule has 0 spiro atoms. The second kappa shape index (κ2) is 9.24. The number of carbonyl (C=O) groups excluding carboxylic acids is 1. The molecule has 0 saturated carbocycles. The van der Waals surface area contributed by atoms with Crippen LogP contribution in [0.1, 0.15) is 31.2 Å². The minimum Gasteiger partial charge on any atom is -0.497 e. The van der Waals surface area contributed by atoms with Gasteiger partial charge in [-0.3, -0.25) is 4.90 Å². The first-order chi connectivity index (χ1) is 12.7. The first kappa shape index (κ1) is 19.0. The van der Waals surface area contributed by atoms with Crippen LogP contribution in [0.4, 0.5) is 10.5 Å². The van der Waals surface area contributed by atoms with Crippen molar-refractivity contribution < 1.29 is 14.3 Å². The van der Waals surface area contributed by atoms with Crippen molar-refractivity contribution >= 4 is 11.7 Å². The molecule has 6 nitrogen and oxygen atoms in total. The average Bonchev–Trinajstić information content (AvgIpc) is 2.69. The summed E-state index contributed by atoms with van der Waals surface area (Å²) in [6.45, 7) is 7.53. The third-order valence-corrected chi connectivity index (χ3v) is 5.45. The van der Waals surface area contributed by atoms with Crippen LogP contribution in [0.3, 0.4) is 0 Å². The molecule has 0 bridgehead atoms. The van der Waals surface area contributed by atoms with Gasteiger partial charge in [-0.15, -0.1) is 0 Å². The zero-order valence-corrected chi connectivity index (χ0v) is 16.0. The van der Waals surface area contributed by atoms with Crippen LogP contribution in [0, 0.1) is 6.92 Å². The predicted octanol–water partition coefficient (Wildman–Crippen LogP) is 3.11. The Labute approximate surface area is 156 Å². The first-order valence-electron chi connectivity index (χ1n) is 9.70. The number of nitrogens with one attached hydrogen (secondary N) is 1. The summed E-state index contributed by atoms with van der Waals surface area (Å²) in [5, 5.41) is 3.10. The van der Waals surface area contributed by atoms with E-state index >= 15 is 0 Å². The van der Waals surface area contributed by atoms with Crippen molar-refractivity contribution in [3.05, 3.63) is 23.8 Å². The van der Waals surface area contributed by atoms with Crippen molar-refractivity contribution in [3.8, 4) is 5.75 Å². The minimum absolute atomic E-state index is 0.0185. The number of benzene rings is 1. The van der Waals surface area contributed by atoms with Crippen LogP contribution in [0.15, 0.2) is 18.2 Å². The van der Waals surface area contributed by atoms with Crippen molar-refractivity contribution in [2.45, 2.75) is 38.6 Å². The number of nitrogens with zero attached hydrogens (tertiary/aromatic N) is 2. The van der Waals surface area contributed by atoms with Gasteiger partial charge in [0.15, 0.2) is 0 Å². The monoisotopic (exact) mass is 361 g/mol. The van der Waals surface area contributed by atoms with Gasteiger partial charge in [0.25, 0.3) is 0 Å². The number of hydrogen-bond acceptors (Lipinski definition) is 4. The Bertz CT molecular complexity index is 602. The van der Waals surface area contributed by atoms with E-state index in [1.54, 1.807) is 7.11 Å². The summed E-state index contributed by atoms with van der Waals surface area (Å²) in [4.78, 5) is 17.4. The van der Waals surface area contributed by atoms with E-state index in [0.29, 0.717) is 6.04 Å². The molecule has 1 N–H and O–H groups in total. The summed E-state index contributed by atoms with van der Waals surface area (Å²) in [6, 6.07) is 6.09. The van der Waals surface area contributed by atoms with Gasteiger partial charge in [0.1, 0.15) is 5.75 Å². The largest absolute Gasteiger partial charge is 0.497 e. The van der Waals surface area contributed by atoms with E-state index in [2.05, 4.69) is 10.2 Å². The van der Waals surface area contributed by atoms with Gasteiger partial charge in [-0.25, -0.2) is 4.79 Å². The van der Waals surface area contributed by atoms with Gasteiger partial charge < -0.3 is 19.7 Å². The lowest BCUT2D eigenvalue weighted by Gasteiger charge is -2.37. The SMILES string of the molecule is COc1ccc(NC(=O)N2CCCC[C@@H]2CCN2CCOCC2)c(C)c1. The Morgan fingerprint density at radius 3 is 2.81 bits per heavy atom. The van der Waals surface area contributed by atoms with Crippen LogP contribution < -0.4 is 10.1 Å². The number of morpholine rings is 1. The summed E-state index contributed by atoms with van der Waals surface area (Å²) in [5.41, 5.74) is 1.87. The maximum absolute atomic E-state index is 12.9. The van der Waals surface area contributed by atoms with Crippen LogP contribution in [-0.2, 0) is 4.74 Å². The molecule has 2 aliphatic heterocycles. The zero-order chi connectivity index (χ0) is 18.4. The highest BCUT2D eigenvalue weighted by Crippen LogP contribution is 2.24. The topological polar surface area (TPSA) is 54.0 Å². The van der Waals surface area contributed by atoms with Gasteiger partial charge in [0.05, 0.1) is 20.3 Å². The van der Waals surface area contributed by atoms with E-state index in [9.17, 15) is 4.79 Å². The van der Waals surface area contributed by atoms with Crippen LogP contribution in [0.2, 0.25) is 0 Å². The number of hydrogen-bond donors (Lipinski definition) is 1. The standard InChI is InChI=1S/C20H31N3O3/c1-16-15-18(25-2)6-7-19(16)21-20(24)23-9-4-3-5-17(23)8-10-22-11-13-26-14-12-22/h6-7,15,17H,3-5,8-14H2,1-2H3,(H,21,24)/t17-/m1/s1. The lowest BCUT2D eigenvalue weighted by molar-refractivity contribution is 0.0329. The molecule has 2 aliphatic rings. The number of urea groups is 1. The molecule has 2 heterocycles. The minimum atomic E-state index is 0.0185. The molecule has 2 saturated heterocycles. The molecule has 3 rings (SSSR count). The Kier molecular flexibility index (Phi) is 6.74. The molecule has 6 heteroatoms. The third kappa shape index (κ3) is 4.89. The molecule has 2 fully saturated rings. The highest BCUT2D eigenvalue weighted by molar-refractivity contribution is 5.90. The van der Waals surface area contributed by atoms with E-state index in [-0.39, 0.29) is 6.03 Å². The fourth-order valence-electron chi connectivity index (χ4n) is 3.81. The Morgan fingerprint density at radius 1 is 1.27 bits per heavy atom. The quantitative estimate of drug-likeness (QED) is 0.876. The zero-order valence-electron chi connectivity index (χ0n) is 16.0. The average molecular weight is 361 g/mol. The van der Waals surface area contributed by atoms with Crippen LogP contribution in [0.25, 0.3) is 0 Å². The van der Waals surface area contributed by atoms with Crippen molar-refractivity contribution in [1.29, 1.82) is 0 Å². The van der Waals surface area contributed by atoms with Crippen molar-refractivity contribution in [3.63, 3.8) is 0 Å². The lowest BCUT2D eigenvalue weighted by atomic mass is 9.99. The fraction of sp³-hybridized carbons (Fsp3) is 0.650. The molecule has 0 aliphatic carbocycles. The molecular formula is C20H31N3O3. The fourth-order valence-corrected chi connectivity index (χ4v) is 3.81. The van der Waals surface area contributed by atoms with Crippen LogP contribution in [-0.4, -0.2) is 68.4 Å². The maximum atomic E-state index is 12.9. The van der Waals surface area contributed by atoms with E-state index in [4.69, 9.17) is 9.47 Å². The van der Waals surface area contributed by atoms with Crippen LogP contribution in [0.5, 0.6) is 5.75 Å². The summed E-state index contributed by atoms with van der Waals surface area (Å²) < 4.78 is 10.7. The molecule has 1 atom stereocenters. The summed E-state index contributed by atoms with van der Waals surface area (Å²) in [6.07, 6.45) is 4.43. The molecule has 144 valence electrons. The van der Waals surface area contributed by atoms with Crippen molar-refractivity contribution in [1.82, 2.24) is 9.80 Å². The maximum Gasteiger partial charge on any atom is 0.322 e. The molecule has 1 aromatic carbocycles. The first-order valence-corrected chi connectivity index (χ1v) is 9.70. The summed E-state index contributed by atoms with van der Waals surface area (Å²) >= 11 is 0. The highest BCUT2D eigenvalue weighted by atomic mass is 16.5. The number of piperidine rings is 1. The molecule has 1 aromatic rings. The molecule has 0 aromatic heterocycles. The number of aryl methyl sites for hydroxylation is 1. The Balaban J connectivity index is 1.58. The smallest absolute Gasteiger partial charge is 0.322 e. The number of amides is 2. The summed E-state index contributed by atoms with van der Waals surface area (Å²) in [7, 11) is 1.65. The highest BCUT2D eigenvalue weighted by Gasteiger charge is 2.27. The van der Waals surface area contributed by atoms with Gasteiger partial charge in [-0.05, 0) is 56.4 Å². The summed E-state index contributed by atoms with van der Waals surface area (Å²) in [5.74, 6) is 0.807. The van der Waals surface area contributed by atoms with E-state index in [0.717, 1.165) is 75.7 Å². The van der Waals surface area contributed by atoms with Gasteiger partial charge in [-0.2, -0.15) is 0 Å².